The van der Waals surface area contributed by atoms with E-state index in [1.54, 1.807) is 23.1 Å². The fourth-order valence-electron chi connectivity index (χ4n) is 2.76. The van der Waals surface area contributed by atoms with Gasteiger partial charge in [0.1, 0.15) is 5.65 Å². The molecule has 0 bridgehead atoms. The predicted octanol–water partition coefficient (Wildman–Crippen LogP) is 3.41. The van der Waals surface area contributed by atoms with E-state index >= 15 is 0 Å². The third kappa shape index (κ3) is 3.60. The number of benzene rings is 1. The Kier molecular flexibility index (Phi) is 4.41. The molecule has 130 valence electrons. The Morgan fingerprint density at radius 3 is 2.81 bits per heavy atom. The van der Waals surface area contributed by atoms with Gasteiger partial charge in [-0.3, -0.25) is 9.48 Å². The molecule has 4 aromatic rings. The summed E-state index contributed by atoms with van der Waals surface area (Å²) in [6.45, 7) is 0.530. The van der Waals surface area contributed by atoms with Crippen molar-refractivity contribution >= 4 is 28.8 Å². The minimum atomic E-state index is -0.134. The molecule has 4 rings (SSSR count). The van der Waals surface area contributed by atoms with E-state index in [9.17, 15) is 4.79 Å². The van der Waals surface area contributed by atoms with Crippen molar-refractivity contribution in [3.8, 4) is 0 Å². The lowest BCUT2D eigenvalue weighted by Gasteiger charge is -2.04. The zero-order valence-electron chi connectivity index (χ0n) is 13.8. The number of aromatic nitrogens is 4. The predicted molar refractivity (Wildman–Crippen MR) is 100 cm³/mol. The minimum absolute atomic E-state index is 0.134. The van der Waals surface area contributed by atoms with Gasteiger partial charge in [-0.15, -0.1) is 0 Å². The summed E-state index contributed by atoms with van der Waals surface area (Å²) in [5.41, 5.74) is 3.23. The van der Waals surface area contributed by atoms with Crippen LogP contribution >= 0.6 is 11.6 Å². The second kappa shape index (κ2) is 7.01. The molecule has 3 heterocycles. The maximum atomic E-state index is 12.2. The van der Waals surface area contributed by atoms with Gasteiger partial charge in [-0.25, -0.2) is 4.98 Å². The Morgan fingerprint density at radius 1 is 1.12 bits per heavy atom. The summed E-state index contributed by atoms with van der Waals surface area (Å²) in [7, 11) is 0. The third-order valence-corrected chi connectivity index (χ3v) is 4.33. The number of pyridine rings is 1. The maximum absolute atomic E-state index is 12.2. The molecular weight excluding hydrogens is 350 g/mol. The van der Waals surface area contributed by atoms with Gasteiger partial charge >= 0.3 is 0 Å². The fourth-order valence-corrected chi connectivity index (χ4v) is 2.97. The molecule has 0 aliphatic rings. The molecule has 1 amide bonds. The first-order chi connectivity index (χ1) is 12.7. The molecule has 1 N–H and O–H groups in total. The van der Waals surface area contributed by atoms with Gasteiger partial charge in [-0.2, -0.15) is 5.10 Å². The molecule has 1 aromatic carbocycles. The van der Waals surface area contributed by atoms with E-state index < -0.39 is 0 Å². The largest absolute Gasteiger partial charge is 0.323 e. The average Bonchev–Trinajstić information content (AvgIpc) is 3.23. The maximum Gasteiger partial charge on any atom is 0.228 e. The van der Waals surface area contributed by atoms with Crippen molar-refractivity contribution < 1.29 is 4.79 Å². The highest BCUT2D eigenvalue weighted by atomic mass is 35.5. The van der Waals surface area contributed by atoms with Crippen LogP contribution in [0.5, 0.6) is 0 Å². The lowest BCUT2D eigenvalue weighted by Crippen LogP contribution is -2.14. The quantitative estimate of drug-likeness (QED) is 0.589. The van der Waals surface area contributed by atoms with Crippen molar-refractivity contribution in [2.45, 2.75) is 13.0 Å². The number of nitrogens with one attached hydrogen (secondary N) is 1. The van der Waals surface area contributed by atoms with Gasteiger partial charge in [-0.1, -0.05) is 35.9 Å². The zero-order valence-corrected chi connectivity index (χ0v) is 14.6. The first kappa shape index (κ1) is 16.4. The summed E-state index contributed by atoms with van der Waals surface area (Å²) < 4.78 is 3.71. The standard InChI is InChI=1S/C19H16ClN5O/c20-17-6-2-1-5-14(17)9-19(26)23-15-10-21-25(12-15)13-16-11-24-8-4-3-7-18(24)22-16/h1-8,10-12H,9,13H2,(H,23,26). The molecule has 26 heavy (non-hydrogen) atoms. The number of anilines is 1. The van der Waals surface area contributed by atoms with E-state index in [-0.39, 0.29) is 12.3 Å². The van der Waals surface area contributed by atoms with Crippen LogP contribution < -0.4 is 5.32 Å². The number of carbonyl (C=O) groups excluding carboxylic acids is 1. The number of hydrogen-bond donors (Lipinski definition) is 1. The topological polar surface area (TPSA) is 64.2 Å². The molecule has 3 aromatic heterocycles. The molecule has 0 radical (unpaired) electrons. The number of rotatable bonds is 5. The molecule has 0 spiro atoms. The number of imidazole rings is 1. The van der Waals surface area contributed by atoms with E-state index in [4.69, 9.17) is 11.6 Å². The molecule has 7 heteroatoms. The Bertz CT molecular complexity index is 1040. The third-order valence-electron chi connectivity index (χ3n) is 3.96. The first-order valence-corrected chi connectivity index (χ1v) is 8.53. The Labute approximate surface area is 155 Å². The smallest absolute Gasteiger partial charge is 0.228 e. The van der Waals surface area contributed by atoms with Crippen LogP contribution in [0.15, 0.2) is 67.3 Å². The van der Waals surface area contributed by atoms with E-state index in [1.165, 1.54) is 0 Å². The molecule has 0 unspecified atom stereocenters. The molecule has 0 fully saturated rings. The number of hydrogen-bond acceptors (Lipinski definition) is 3. The lowest BCUT2D eigenvalue weighted by molar-refractivity contribution is -0.115. The second-order valence-electron chi connectivity index (χ2n) is 5.94. The van der Waals surface area contributed by atoms with Crippen molar-refractivity contribution in [1.82, 2.24) is 19.2 Å². The minimum Gasteiger partial charge on any atom is -0.323 e. The van der Waals surface area contributed by atoms with Crippen LogP contribution in [0.25, 0.3) is 5.65 Å². The summed E-state index contributed by atoms with van der Waals surface area (Å²) in [6, 6.07) is 13.2. The molecular formula is C19H16ClN5O. The Hall–Kier alpha value is -3.12. The summed E-state index contributed by atoms with van der Waals surface area (Å²) >= 11 is 6.09. The second-order valence-corrected chi connectivity index (χ2v) is 6.35. The van der Waals surface area contributed by atoms with Gasteiger partial charge in [0.2, 0.25) is 5.91 Å². The highest BCUT2D eigenvalue weighted by molar-refractivity contribution is 6.31. The van der Waals surface area contributed by atoms with Crippen molar-refractivity contribution in [3.05, 3.63) is 83.5 Å². The van der Waals surface area contributed by atoms with Gasteiger partial charge in [-0.05, 0) is 23.8 Å². The van der Waals surface area contributed by atoms with Crippen molar-refractivity contribution in [2.75, 3.05) is 5.32 Å². The van der Waals surface area contributed by atoms with Gasteiger partial charge in [0, 0.05) is 23.6 Å². The summed E-state index contributed by atoms with van der Waals surface area (Å²) in [5, 5.41) is 7.72. The van der Waals surface area contributed by atoms with E-state index in [0.29, 0.717) is 17.3 Å². The molecule has 6 nitrogen and oxygen atoms in total. The summed E-state index contributed by atoms with van der Waals surface area (Å²) in [4.78, 5) is 16.7. The number of halogens is 1. The normalized spacial score (nSPS) is 11.0. The lowest BCUT2D eigenvalue weighted by atomic mass is 10.1. The number of carbonyl (C=O) groups is 1. The number of amides is 1. The van der Waals surface area contributed by atoms with Crippen molar-refractivity contribution in [1.29, 1.82) is 0 Å². The summed E-state index contributed by atoms with van der Waals surface area (Å²) in [6.07, 6.45) is 7.55. The zero-order chi connectivity index (χ0) is 17.9. The SMILES string of the molecule is O=C(Cc1ccccc1Cl)Nc1cnn(Cc2cn3ccccc3n2)c1. The Morgan fingerprint density at radius 2 is 1.96 bits per heavy atom. The van der Waals surface area contributed by atoms with Crippen LogP contribution in [0.1, 0.15) is 11.3 Å². The van der Waals surface area contributed by atoms with Crippen LogP contribution in [0.3, 0.4) is 0 Å². The van der Waals surface area contributed by atoms with Gasteiger partial charge in [0.15, 0.2) is 0 Å². The fraction of sp³-hybridized carbons (Fsp3) is 0.105. The highest BCUT2D eigenvalue weighted by Crippen LogP contribution is 2.16. The molecule has 0 saturated carbocycles. The number of nitrogens with zero attached hydrogens (tertiary/aromatic N) is 4. The van der Waals surface area contributed by atoms with Crippen molar-refractivity contribution in [3.63, 3.8) is 0 Å². The van der Waals surface area contributed by atoms with E-state index in [1.807, 2.05) is 53.2 Å². The van der Waals surface area contributed by atoms with E-state index in [0.717, 1.165) is 16.9 Å². The monoisotopic (exact) mass is 365 g/mol. The van der Waals surface area contributed by atoms with Crippen LogP contribution in [-0.4, -0.2) is 25.1 Å². The van der Waals surface area contributed by atoms with Crippen LogP contribution in [0.2, 0.25) is 5.02 Å². The molecule has 0 aliphatic carbocycles. The highest BCUT2D eigenvalue weighted by Gasteiger charge is 2.09. The van der Waals surface area contributed by atoms with Gasteiger partial charge < -0.3 is 9.72 Å². The molecule has 0 atom stereocenters. The van der Waals surface area contributed by atoms with Crippen LogP contribution in [0, 0.1) is 0 Å². The van der Waals surface area contributed by atoms with Gasteiger partial charge in [0.05, 0.1) is 30.5 Å². The van der Waals surface area contributed by atoms with Crippen molar-refractivity contribution in [2.24, 2.45) is 0 Å². The first-order valence-electron chi connectivity index (χ1n) is 8.16. The van der Waals surface area contributed by atoms with Crippen LogP contribution in [0.4, 0.5) is 5.69 Å². The molecule has 0 saturated heterocycles. The number of fused-ring (bicyclic) bond motifs is 1. The van der Waals surface area contributed by atoms with Crippen LogP contribution in [-0.2, 0) is 17.8 Å². The van der Waals surface area contributed by atoms with Gasteiger partial charge in [0.25, 0.3) is 0 Å². The Balaban J connectivity index is 1.41. The molecule has 0 aliphatic heterocycles. The summed E-state index contributed by atoms with van der Waals surface area (Å²) in [5.74, 6) is -0.134. The average molecular weight is 366 g/mol. The van der Waals surface area contributed by atoms with E-state index in [2.05, 4.69) is 15.4 Å².